The Labute approximate surface area is 133 Å². The predicted octanol–water partition coefficient (Wildman–Crippen LogP) is 1.31. The van der Waals surface area contributed by atoms with Gasteiger partial charge < -0.3 is 25.9 Å². The molecule has 1 aliphatic rings. The number of ether oxygens (including phenoxy) is 1. The summed E-state index contributed by atoms with van der Waals surface area (Å²) < 4.78 is 10.9. The smallest absolute Gasteiger partial charge is 0.284 e. The summed E-state index contributed by atoms with van der Waals surface area (Å²) in [5.74, 6) is 1.20. The van der Waals surface area contributed by atoms with Crippen molar-refractivity contribution in [3.8, 4) is 5.75 Å². The zero-order valence-corrected chi connectivity index (χ0v) is 12.5. The summed E-state index contributed by atoms with van der Waals surface area (Å²) in [6.07, 6.45) is 0.805. The lowest BCUT2D eigenvalue weighted by molar-refractivity contribution is 0.0972. The Morgan fingerprint density at radius 2 is 2.09 bits per heavy atom. The van der Waals surface area contributed by atoms with Gasteiger partial charge in [-0.1, -0.05) is 18.2 Å². The van der Waals surface area contributed by atoms with Gasteiger partial charge >= 0.3 is 0 Å². The van der Waals surface area contributed by atoms with Crippen molar-refractivity contribution in [2.45, 2.75) is 19.0 Å². The second-order valence-corrected chi connectivity index (χ2v) is 5.20. The van der Waals surface area contributed by atoms with Crippen LogP contribution in [0.5, 0.6) is 5.75 Å². The molecule has 120 valence electrons. The van der Waals surface area contributed by atoms with Crippen LogP contribution in [-0.4, -0.2) is 18.5 Å². The molecule has 1 atom stereocenters. The van der Waals surface area contributed by atoms with E-state index in [9.17, 15) is 4.79 Å². The van der Waals surface area contributed by atoms with E-state index in [4.69, 9.17) is 20.6 Å². The molecule has 7 nitrogen and oxygen atoms in total. The number of amides is 1. The number of guanidine groups is 1. The van der Waals surface area contributed by atoms with E-state index >= 15 is 0 Å². The number of aliphatic imine (C=N–C) groups is 1. The van der Waals surface area contributed by atoms with Gasteiger partial charge in [0.25, 0.3) is 5.91 Å². The number of carbonyl (C=O) groups is 1. The van der Waals surface area contributed by atoms with Crippen molar-refractivity contribution >= 4 is 11.9 Å². The largest absolute Gasteiger partial charge is 0.493 e. The number of primary amides is 1. The van der Waals surface area contributed by atoms with Gasteiger partial charge in [-0.3, -0.25) is 4.79 Å². The molecule has 1 unspecified atom stereocenters. The molecule has 5 N–H and O–H groups in total. The van der Waals surface area contributed by atoms with Gasteiger partial charge in [-0.15, -0.1) is 0 Å². The Kier molecular flexibility index (Phi) is 4.18. The number of fused-ring (bicyclic) bond motifs is 1. The first-order chi connectivity index (χ1) is 11.1. The van der Waals surface area contributed by atoms with Gasteiger partial charge in [-0.05, 0) is 18.2 Å². The van der Waals surface area contributed by atoms with Crippen LogP contribution >= 0.6 is 0 Å². The number of carbonyl (C=O) groups excluding carboxylic acids is 1. The van der Waals surface area contributed by atoms with Crippen molar-refractivity contribution in [2.75, 3.05) is 6.61 Å². The highest BCUT2D eigenvalue weighted by molar-refractivity contribution is 5.89. The highest BCUT2D eigenvalue weighted by atomic mass is 16.5. The molecule has 0 aliphatic carbocycles. The monoisotopic (exact) mass is 314 g/mol. The average molecular weight is 314 g/mol. The van der Waals surface area contributed by atoms with Gasteiger partial charge in [0.15, 0.2) is 11.7 Å². The highest BCUT2D eigenvalue weighted by Crippen LogP contribution is 2.31. The zero-order chi connectivity index (χ0) is 16.2. The van der Waals surface area contributed by atoms with E-state index in [1.807, 2.05) is 24.3 Å². The zero-order valence-electron chi connectivity index (χ0n) is 12.5. The number of hydrogen-bond donors (Lipinski definition) is 3. The van der Waals surface area contributed by atoms with Crippen LogP contribution in [0.2, 0.25) is 0 Å². The number of furan rings is 1. The Balaban J connectivity index is 1.65. The molecule has 0 bridgehead atoms. The van der Waals surface area contributed by atoms with E-state index in [0.29, 0.717) is 18.3 Å². The minimum atomic E-state index is -0.606. The summed E-state index contributed by atoms with van der Waals surface area (Å²) >= 11 is 0. The van der Waals surface area contributed by atoms with Crippen molar-refractivity contribution in [2.24, 2.45) is 16.5 Å². The Bertz CT molecular complexity index is 738. The van der Waals surface area contributed by atoms with Crippen LogP contribution in [-0.2, 0) is 6.54 Å². The van der Waals surface area contributed by atoms with Gasteiger partial charge in [0.2, 0.25) is 0 Å². The molecule has 0 radical (unpaired) electrons. The molecule has 3 rings (SSSR count). The molecule has 2 heterocycles. The van der Waals surface area contributed by atoms with Gasteiger partial charge in [-0.2, -0.15) is 0 Å². The number of benzene rings is 1. The Morgan fingerprint density at radius 3 is 2.87 bits per heavy atom. The van der Waals surface area contributed by atoms with Gasteiger partial charge in [-0.25, -0.2) is 4.99 Å². The van der Waals surface area contributed by atoms with Gasteiger partial charge in [0.05, 0.1) is 12.6 Å². The fraction of sp³-hybridized carbons (Fsp3) is 0.250. The molecule has 0 spiro atoms. The summed E-state index contributed by atoms with van der Waals surface area (Å²) in [6.45, 7) is 0.860. The van der Waals surface area contributed by atoms with Crippen LogP contribution in [0.3, 0.4) is 0 Å². The fourth-order valence-corrected chi connectivity index (χ4v) is 2.47. The number of rotatable bonds is 4. The lowest BCUT2D eigenvalue weighted by Gasteiger charge is -2.26. The highest BCUT2D eigenvalue weighted by Gasteiger charge is 2.21. The molecule has 7 heteroatoms. The van der Waals surface area contributed by atoms with Crippen LogP contribution in [0.4, 0.5) is 0 Å². The average Bonchev–Trinajstić information content (AvgIpc) is 3.03. The SMILES string of the molecule is NC(=O)c1ccc(CN=C(N)NC2CCOc3ccccc32)o1. The molecular formula is C16H18N4O3. The predicted molar refractivity (Wildman–Crippen MR) is 85.0 cm³/mol. The molecule has 23 heavy (non-hydrogen) atoms. The fourth-order valence-electron chi connectivity index (χ4n) is 2.47. The molecule has 1 aliphatic heterocycles. The van der Waals surface area contributed by atoms with Crippen molar-refractivity contribution in [1.82, 2.24) is 5.32 Å². The van der Waals surface area contributed by atoms with Crippen LogP contribution in [0, 0.1) is 0 Å². The molecule has 0 saturated carbocycles. The summed E-state index contributed by atoms with van der Waals surface area (Å²) in [7, 11) is 0. The lowest BCUT2D eigenvalue weighted by atomic mass is 10.0. The molecule has 0 saturated heterocycles. The Hall–Kier alpha value is -2.96. The maximum absolute atomic E-state index is 11.0. The van der Waals surface area contributed by atoms with E-state index < -0.39 is 5.91 Å². The van der Waals surface area contributed by atoms with Crippen LogP contribution in [0.15, 0.2) is 45.8 Å². The number of nitrogens with zero attached hydrogens (tertiary/aromatic N) is 1. The Morgan fingerprint density at radius 1 is 1.26 bits per heavy atom. The van der Waals surface area contributed by atoms with Crippen molar-refractivity contribution in [3.05, 3.63) is 53.5 Å². The normalized spacial score (nSPS) is 17.2. The van der Waals surface area contributed by atoms with E-state index in [1.165, 1.54) is 6.07 Å². The standard InChI is InChI=1S/C16H18N4O3/c17-15(21)14-6-5-10(23-14)9-19-16(18)20-12-7-8-22-13-4-2-1-3-11(12)13/h1-6,12H,7-9H2,(H2,17,21)(H3,18,19,20). The quantitative estimate of drug-likeness (QED) is 0.581. The number of para-hydroxylation sites is 1. The van der Waals surface area contributed by atoms with Crippen LogP contribution in [0.1, 0.15) is 34.3 Å². The maximum atomic E-state index is 11.0. The van der Waals surface area contributed by atoms with E-state index in [2.05, 4.69) is 10.3 Å². The van der Waals surface area contributed by atoms with Crippen LogP contribution in [0.25, 0.3) is 0 Å². The third-order valence-electron chi connectivity index (χ3n) is 3.59. The third kappa shape index (κ3) is 3.45. The minimum Gasteiger partial charge on any atom is -0.493 e. The first-order valence-corrected chi connectivity index (χ1v) is 7.30. The topological polar surface area (TPSA) is 116 Å². The number of nitrogens with two attached hydrogens (primary N) is 2. The summed E-state index contributed by atoms with van der Waals surface area (Å²) in [5, 5.41) is 3.19. The van der Waals surface area contributed by atoms with Crippen LogP contribution < -0.4 is 21.5 Å². The van der Waals surface area contributed by atoms with Gasteiger partial charge in [0.1, 0.15) is 18.1 Å². The third-order valence-corrected chi connectivity index (χ3v) is 3.59. The second-order valence-electron chi connectivity index (χ2n) is 5.20. The lowest BCUT2D eigenvalue weighted by Crippen LogP contribution is -2.37. The molecule has 1 aromatic heterocycles. The maximum Gasteiger partial charge on any atom is 0.284 e. The first kappa shape index (κ1) is 15.0. The summed E-state index contributed by atoms with van der Waals surface area (Å²) in [5.41, 5.74) is 12.1. The molecule has 1 amide bonds. The molecular weight excluding hydrogens is 296 g/mol. The molecule has 1 aromatic carbocycles. The van der Waals surface area contributed by atoms with E-state index in [0.717, 1.165) is 17.7 Å². The summed E-state index contributed by atoms with van der Waals surface area (Å²) in [4.78, 5) is 15.2. The number of hydrogen-bond acceptors (Lipinski definition) is 4. The van der Waals surface area contributed by atoms with Crippen molar-refractivity contribution in [1.29, 1.82) is 0 Å². The second kappa shape index (κ2) is 6.43. The van der Waals surface area contributed by atoms with Crippen molar-refractivity contribution in [3.63, 3.8) is 0 Å². The molecule has 0 fully saturated rings. The van der Waals surface area contributed by atoms with E-state index in [-0.39, 0.29) is 18.3 Å². The van der Waals surface area contributed by atoms with E-state index in [1.54, 1.807) is 6.07 Å². The van der Waals surface area contributed by atoms with Gasteiger partial charge in [0, 0.05) is 12.0 Å². The van der Waals surface area contributed by atoms with Crippen molar-refractivity contribution < 1.29 is 13.9 Å². The summed E-state index contributed by atoms with van der Waals surface area (Å²) in [6, 6.07) is 11.1. The molecule has 2 aromatic rings. The first-order valence-electron chi connectivity index (χ1n) is 7.30. The minimum absolute atomic E-state index is 0.0569. The number of nitrogens with one attached hydrogen (secondary N) is 1.